The number of para-hydroxylation sites is 2. The summed E-state index contributed by atoms with van der Waals surface area (Å²) < 4.78 is 4.74. The fourth-order valence-corrected chi connectivity index (χ4v) is 3.71. The van der Waals surface area contributed by atoms with Crippen molar-refractivity contribution in [1.82, 2.24) is 9.38 Å². The number of imidazole rings is 2. The summed E-state index contributed by atoms with van der Waals surface area (Å²) in [5.41, 5.74) is 3.85. The third kappa shape index (κ3) is 3.35. The molecule has 1 fully saturated rings. The Morgan fingerprint density at radius 1 is 1.13 bits per heavy atom. The summed E-state index contributed by atoms with van der Waals surface area (Å²) in [6.45, 7) is 7.14. The smallest absolute Gasteiger partial charge is 0.368 e. The lowest BCUT2D eigenvalue weighted by molar-refractivity contribution is -0.920. The van der Waals surface area contributed by atoms with Crippen molar-refractivity contribution in [2.75, 3.05) is 19.6 Å². The molecule has 3 aromatic rings. The normalized spacial score (nSPS) is 15.5. The average Bonchev–Trinajstić information content (AvgIpc) is 3.02. The lowest BCUT2D eigenvalue weighted by Gasteiger charge is -2.22. The number of aryl methyl sites for hydroxylation is 1. The minimum absolute atomic E-state index is 0. The number of quaternary nitrogens is 1. The van der Waals surface area contributed by atoms with E-state index in [-0.39, 0.29) is 24.8 Å². The van der Waals surface area contributed by atoms with Crippen LogP contribution < -0.4 is 34.3 Å². The molecule has 0 aliphatic carbocycles. The maximum atomic E-state index is 3.52. The molecule has 4 nitrogen and oxygen atoms in total. The van der Waals surface area contributed by atoms with Crippen molar-refractivity contribution < 1.29 is 34.3 Å². The molecule has 0 atom stereocenters. The highest BCUT2D eigenvalue weighted by Crippen LogP contribution is 2.14. The van der Waals surface area contributed by atoms with Gasteiger partial charge in [0.2, 0.25) is 0 Å². The molecule has 0 amide bonds. The van der Waals surface area contributed by atoms with E-state index in [4.69, 9.17) is 0 Å². The lowest BCUT2D eigenvalue weighted by atomic mass is 10.1. The van der Waals surface area contributed by atoms with Gasteiger partial charge in [0.25, 0.3) is 0 Å². The molecule has 0 unspecified atom stereocenters. The van der Waals surface area contributed by atoms with Gasteiger partial charge >= 0.3 is 5.78 Å². The molecule has 126 valence electrons. The number of nitrogens with one attached hydrogen (secondary N) is 2. The summed E-state index contributed by atoms with van der Waals surface area (Å²) in [5.74, 6) is 1.21. The van der Waals surface area contributed by atoms with E-state index < -0.39 is 0 Å². The van der Waals surface area contributed by atoms with Crippen molar-refractivity contribution in [3.8, 4) is 0 Å². The molecule has 3 heterocycles. The van der Waals surface area contributed by atoms with E-state index in [9.17, 15) is 0 Å². The molecule has 0 radical (unpaired) electrons. The van der Waals surface area contributed by atoms with E-state index in [1.54, 1.807) is 4.90 Å². The van der Waals surface area contributed by atoms with Crippen LogP contribution in [0.4, 0.5) is 0 Å². The largest absolute Gasteiger partial charge is 1.00 e. The summed E-state index contributed by atoms with van der Waals surface area (Å²) >= 11 is 0. The predicted octanol–water partition coefficient (Wildman–Crippen LogP) is -4.91. The SMILES string of the molecule is Cc1cn2c3ccccc3[n+](CC[NH+]3CCCCC3)c2[nH]1.[Cl-].[Cl-]. The third-order valence-electron chi connectivity index (χ3n) is 4.80. The Morgan fingerprint density at radius 3 is 2.65 bits per heavy atom. The van der Waals surface area contributed by atoms with Crippen LogP contribution in [0.15, 0.2) is 30.5 Å². The van der Waals surface area contributed by atoms with Crippen molar-refractivity contribution >= 4 is 16.8 Å². The van der Waals surface area contributed by atoms with E-state index in [1.165, 1.54) is 61.4 Å². The van der Waals surface area contributed by atoms with Crippen molar-refractivity contribution in [3.05, 3.63) is 36.2 Å². The molecule has 0 spiro atoms. The van der Waals surface area contributed by atoms with Gasteiger partial charge < -0.3 is 29.7 Å². The number of aromatic amines is 1. The van der Waals surface area contributed by atoms with Gasteiger partial charge in [-0.1, -0.05) is 12.1 Å². The number of rotatable bonds is 3. The minimum Gasteiger partial charge on any atom is -1.00 e. The second-order valence-corrected chi connectivity index (χ2v) is 6.33. The number of benzene rings is 1. The van der Waals surface area contributed by atoms with E-state index in [0.717, 1.165) is 6.54 Å². The summed E-state index contributed by atoms with van der Waals surface area (Å²) in [7, 11) is 0. The average molecular weight is 355 g/mol. The van der Waals surface area contributed by atoms with Crippen LogP contribution in [0.1, 0.15) is 25.0 Å². The Balaban J connectivity index is 0.000000960. The van der Waals surface area contributed by atoms with E-state index in [2.05, 4.69) is 51.3 Å². The molecular formula is C17H24Cl2N4. The molecule has 0 saturated carbocycles. The van der Waals surface area contributed by atoms with Crippen LogP contribution in [0.3, 0.4) is 0 Å². The zero-order chi connectivity index (χ0) is 14.2. The first-order valence-corrected chi connectivity index (χ1v) is 8.15. The number of nitrogens with zero attached hydrogens (tertiary/aromatic N) is 2. The monoisotopic (exact) mass is 354 g/mol. The predicted molar refractivity (Wildman–Crippen MR) is 83.6 cm³/mol. The number of hydrogen-bond acceptors (Lipinski definition) is 0. The van der Waals surface area contributed by atoms with Crippen molar-refractivity contribution in [1.29, 1.82) is 0 Å². The van der Waals surface area contributed by atoms with Crippen LogP contribution in [0.2, 0.25) is 0 Å². The van der Waals surface area contributed by atoms with Crippen LogP contribution in [-0.2, 0) is 6.54 Å². The summed E-state index contributed by atoms with van der Waals surface area (Å²) in [4.78, 5) is 5.29. The number of hydrogen-bond donors (Lipinski definition) is 2. The van der Waals surface area contributed by atoms with Crippen molar-refractivity contribution in [2.45, 2.75) is 32.7 Å². The second-order valence-electron chi connectivity index (χ2n) is 6.33. The molecule has 1 aromatic carbocycles. The summed E-state index contributed by atoms with van der Waals surface area (Å²) in [5, 5.41) is 0. The maximum Gasteiger partial charge on any atom is 0.368 e. The first-order chi connectivity index (χ1) is 10.3. The Hall–Kier alpha value is -1.23. The van der Waals surface area contributed by atoms with Gasteiger partial charge in [-0.3, -0.25) is 0 Å². The Kier molecular flexibility index (Phi) is 5.95. The molecule has 4 rings (SSSR count). The number of halogens is 2. The molecule has 1 aliphatic heterocycles. The molecular weight excluding hydrogens is 331 g/mol. The lowest BCUT2D eigenvalue weighted by Crippen LogP contribution is -3.13. The molecule has 1 aliphatic rings. The van der Waals surface area contributed by atoms with Gasteiger partial charge in [-0.05, 0) is 38.3 Å². The first kappa shape index (κ1) is 18.1. The van der Waals surface area contributed by atoms with Crippen LogP contribution in [0.25, 0.3) is 16.8 Å². The second kappa shape index (κ2) is 7.56. The third-order valence-corrected chi connectivity index (χ3v) is 4.80. The fourth-order valence-electron chi connectivity index (χ4n) is 3.71. The maximum absolute atomic E-state index is 3.52. The van der Waals surface area contributed by atoms with Crippen molar-refractivity contribution in [3.63, 3.8) is 0 Å². The zero-order valence-electron chi connectivity index (χ0n) is 13.5. The number of likely N-dealkylation sites (tertiary alicyclic amines) is 1. The highest BCUT2D eigenvalue weighted by Gasteiger charge is 2.21. The Bertz CT molecular complexity index is 771. The number of H-pyrrole nitrogens is 1. The van der Waals surface area contributed by atoms with Gasteiger partial charge in [-0.15, -0.1) is 0 Å². The highest BCUT2D eigenvalue weighted by molar-refractivity contribution is 5.74. The topological polar surface area (TPSA) is 28.5 Å². The van der Waals surface area contributed by atoms with Gasteiger partial charge in [0.05, 0.1) is 13.1 Å². The molecule has 6 heteroatoms. The Labute approximate surface area is 149 Å². The number of piperidine rings is 1. The molecule has 1 saturated heterocycles. The molecule has 0 bridgehead atoms. The molecule has 23 heavy (non-hydrogen) atoms. The summed E-state index contributed by atoms with van der Waals surface area (Å²) in [6, 6.07) is 8.70. The summed E-state index contributed by atoms with van der Waals surface area (Å²) in [6.07, 6.45) is 6.41. The van der Waals surface area contributed by atoms with Gasteiger partial charge in [-0.2, -0.15) is 4.40 Å². The zero-order valence-corrected chi connectivity index (χ0v) is 15.0. The number of aromatic nitrogens is 3. The van der Waals surface area contributed by atoms with Gasteiger partial charge in [0, 0.05) is 0 Å². The number of fused-ring (bicyclic) bond motifs is 3. The first-order valence-electron chi connectivity index (χ1n) is 8.15. The van der Waals surface area contributed by atoms with Crippen LogP contribution in [0.5, 0.6) is 0 Å². The van der Waals surface area contributed by atoms with E-state index in [1.807, 2.05) is 0 Å². The van der Waals surface area contributed by atoms with E-state index in [0.29, 0.717) is 0 Å². The Morgan fingerprint density at radius 2 is 1.87 bits per heavy atom. The minimum atomic E-state index is 0. The van der Waals surface area contributed by atoms with Gasteiger partial charge in [0.15, 0.2) is 0 Å². The standard InChI is InChI=1S/C17H22N4.2ClH/c1-14-13-21-16-8-4-3-7-15(16)20(17(21)18-14)12-11-19-9-5-2-6-10-19;;/h3-4,7-8,13H,2,5-6,9-12H2,1H3;2*1H. The van der Waals surface area contributed by atoms with Crippen molar-refractivity contribution in [2.24, 2.45) is 0 Å². The van der Waals surface area contributed by atoms with Gasteiger partial charge in [-0.25, -0.2) is 9.55 Å². The van der Waals surface area contributed by atoms with Crippen LogP contribution in [-0.4, -0.2) is 29.0 Å². The quantitative estimate of drug-likeness (QED) is 0.441. The van der Waals surface area contributed by atoms with E-state index >= 15 is 0 Å². The molecule has 2 aromatic heterocycles. The van der Waals surface area contributed by atoms with Crippen LogP contribution in [0, 0.1) is 6.92 Å². The van der Waals surface area contributed by atoms with Crippen LogP contribution >= 0.6 is 0 Å². The highest BCUT2D eigenvalue weighted by atomic mass is 35.5. The fraction of sp³-hybridized carbons (Fsp3) is 0.471. The van der Waals surface area contributed by atoms with Gasteiger partial charge in [0.1, 0.15) is 36.0 Å². The molecule has 2 N–H and O–H groups in total.